The summed E-state index contributed by atoms with van der Waals surface area (Å²) in [5.41, 5.74) is -0.223. The summed E-state index contributed by atoms with van der Waals surface area (Å²) in [7, 11) is 0. The van der Waals surface area contributed by atoms with Crippen LogP contribution in [0.2, 0.25) is 0 Å². The lowest BCUT2D eigenvalue weighted by Gasteiger charge is -2.07. The summed E-state index contributed by atoms with van der Waals surface area (Å²) in [4.78, 5) is 0. The van der Waals surface area contributed by atoms with Crippen LogP contribution in [0.3, 0.4) is 0 Å². The summed E-state index contributed by atoms with van der Waals surface area (Å²) in [6.07, 6.45) is 1.77. The summed E-state index contributed by atoms with van der Waals surface area (Å²) in [5.74, 6) is 1.19. The van der Waals surface area contributed by atoms with E-state index in [1.54, 1.807) is 18.2 Å². The molecule has 2 aromatic rings. The highest BCUT2D eigenvalue weighted by atomic mass is 19.4. The molecule has 1 aromatic heterocycles. The predicted molar refractivity (Wildman–Crippen MR) is 89.6 cm³/mol. The van der Waals surface area contributed by atoms with Crippen LogP contribution < -0.4 is 5.32 Å². The molecular formula is C19H24F3NO. The molecule has 0 aliphatic heterocycles. The molecule has 0 amide bonds. The van der Waals surface area contributed by atoms with Gasteiger partial charge in [0.15, 0.2) is 0 Å². The molecule has 2 rings (SSSR count). The predicted octanol–water partition coefficient (Wildman–Crippen LogP) is 6.03. The van der Waals surface area contributed by atoms with Crippen molar-refractivity contribution in [3.8, 4) is 11.3 Å². The van der Waals surface area contributed by atoms with Gasteiger partial charge in [-0.3, -0.25) is 0 Å². The Labute approximate surface area is 141 Å². The topological polar surface area (TPSA) is 25.2 Å². The standard InChI is InChI=1S/C19H24F3NO/c1-2-3-4-5-6-12-23-14-17-10-11-18(24-17)15-8-7-9-16(13-15)19(20,21)22/h7-11,13,23H,2-6,12,14H2,1H3. The Morgan fingerprint density at radius 2 is 1.79 bits per heavy atom. The van der Waals surface area contributed by atoms with Crippen LogP contribution in [0.25, 0.3) is 11.3 Å². The van der Waals surface area contributed by atoms with E-state index in [4.69, 9.17) is 4.42 Å². The molecule has 0 spiro atoms. The van der Waals surface area contributed by atoms with Gasteiger partial charge in [0.25, 0.3) is 0 Å². The van der Waals surface area contributed by atoms with Crippen molar-refractivity contribution in [2.75, 3.05) is 6.54 Å². The Balaban J connectivity index is 1.85. The van der Waals surface area contributed by atoms with E-state index < -0.39 is 11.7 Å². The SMILES string of the molecule is CCCCCCCNCc1ccc(-c2cccc(C(F)(F)F)c2)o1. The summed E-state index contributed by atoms with van der Waals surface area (Å²) in [5, 5.41) is 3.31. The van der Waals surface area contributed by atoms with Gasteiger partial charge in [-0.15, -0.1) is 0 Å². The largest absolute Gasteiger partial charge is 0.460 e. The summed E-state index contributed by atoms with van der Waals surface area (Å²) in [6.45, 7) is 3.70. The number of hydrogen-bond donors (Lipinski definition) is 1. The van der Waals surface area contributed by atoms with Gasteiger partial charge in [-0.05, 0) is 37.2 Å². The third kappa shape index (κ3) is 5.71. The Morgan fingerprint density at radius 3 is 2.54 bits per heavy atom. The average Bonchev–Trinajstić information content (AvgIpc) is 3.02. The van der Waals surface area contributed by atoms with E-state index in [0.717, 1.165) is 30.9 Å². The maximum atomic E-state index is 12.8. The molecule has 0 radical (unpaired) electrons. The summed E-state index contributed by atoms with van der Waals surface area (Å²) >= 11 is 0. The maximum Gasteiger partial charge on any atom is 0.416 e. The van der Waals surface area contributed by atoms with Crippen LogP contribution in [-0.2, 0) is 12.7 Å². The molecule has 0 unspecified atom stereocenters. The molecule has 0 fully saturated rings. The Hall–Kier alpha value is -1.75. The second-order valence-corrected chi connectivity index (χ2v) is 5.94. The molecule has 1 aromatic carbocycles. The number of benzene rings is 1. The molecule has 0 saturated heterocycles. The Morgan fingerprint density at radius 1 is 1.00 bits per heavy atom. The molecule has 0 atom stereocenters. The van der Waals surface area contributed by atoms with Gasteiger partial charge < -0.3 is 9.73 Å². The van der Waals surface area contributed by atoms with Crippen molar-refractivity contribution in [2.45, 2.75) is 51.7 Å². The van der Waals surface area contributed by atoms with E-state index in [1.165, 1.54) is 31.7 Å². The molecule has 1 heterocycles. The van der Waals surface area contributed by atoms with Gasteiger partial charge >= 0.3 is 6.18 Å². The van der Waals surface area contributed by atoms with Gasteiger partial charge in [-0.1, -0.05) is 44.7 Å². The van der Waals surface area contributed by atoms with Crippen molar-refractivity contribution in [1.82, 2.24) is 5.32 Å². The van der Waals surface area contributed by atoms with Crippen LogP contribution in [0, 0.1) is 0 Å². The van der Waals surface area contributed by atoms with Crippen LogP contribution in [0.1, 0.15) is 50.4 Å². The molecule has 2 nitrogen and oxygen atoms in total. The monoisotopic (exact) mass is 339 g/mol. The minimum Gasteiger partial charge on any atom is -0.460 e. The highest BCUT2D eigenvalue weighted by Gasteiger charge is 2.30. The van der Waals surface area contributed by atoms with Crippen molar-refractivity contribution in [1.29, 1.82) is 0 Å². The molecule has 1 N–H and O–H groups in total. The highest BCUT2D eigenvalue weighted by Crippen LogP contribution is 2.32. The average molecular weight is 339 g/mol. The third-order valence-corrected chi connectivity index (χ3v) is 3.89. The number of halogens is 3. The second kappa shape index (κ2) is 8.92. The Kier molecular flexibility index (Phi) is 6.91. The van der Waals surface area contributed by atoms with Crippen LogP contribution in [0.15, 0.2) is 40.8 Å². The van der Waals surface area contributed by atoms with Crippen LogP contribution in [-0.4, -0.2) is 6.54 Å². The lowest BCUT2D eigenvalue weighted by atomic mass is 10.1. The van der Waals surface area contributed by atoms with Gasteiger partial charge in [0.05, 0.1) is 12.1 Å². The van der Waals surface area contributed by atoms with Crippen LogP contribution >= 0.6 is 0 Å². The first kappa shape index (κ1) is 18.6. The lowest BCUT2D eigenvalue weighted by Crippen LogP contribution is -2.14. The normalized spacial score (nSPS) is 11.8. The highest BCUT2D eigenvalue weighted by molar-refractivity contribution is 5.58. The minimum atomic E-state index is -4.34. The van der Waals surface area contributed by atoms with E-state index in [0.29, 0.717) is 17.9 Å². The maximum absolute atomic E-state index is 12.8. The zero-order valence-electron chi connectivity index (χ0n) is 14.0. The fourth-order valence-electron chi connectivity index (χ4n) is 2.54. The first-order valence-corrected chi connectivity index (χ1v) is 8.48. The number of alkyl halides is 3. The smallest absolute Gasteiger partial charge is 0.416 e. The van der Waals surface area contributed by atoms with Gasteiger partial charge in [-0.2, -0.15) is 13.2 Å². The van der Waals surface area contributed by atoms with Crippen LogP contribution in [0.5, 0.6) is 0 Å². The van der Waals surface area contributed by atoms with Gasteiger partial charge in [0.2, 0.25) is 0 Å². The van der Waals surface area contributed by atoms with Crippen LogP contribution in [0.4, 0.5) is 13.2 Å². The fraction of sp³-hybridized carbons (Fsp3) is 0.474. The fourth-order valence-corrected chi connectivity index (χ4v) is 2.54. The number of furan rings is 1. The number of nitrogens with one attached hydrogen (secondary N) is 1. The van der Waals surface area contributed by atoms with Crippen molar-refractivity contribution in [3.63, 3.8) is 0 Å². The summed E-state index contributed by atoms with van der Waals surface area (Å²) in [6, 6.07) is 8.72. The number of unbranched alkanes of at least 4 members (excludes halogenated alkanes) is 4. The zero-order chi connectivity index (χ0) is 17.4. The molecule has 24 heavy (non-hydrogen) atoms. The quantitative estimate of drug-likeness (QED) is 0.565. The second-order valence-electron chi connectivity index (χ2n) is 5.94. The van der Waals surface area contributed by atoms with Gasteiger partial charge in [-0.25, -0.2) is 0 Å². The van der Waals surface area contributed by atoms with Gasteiger partial charge in [0, 0.05) is 5.56 Å². The van der Waals surface area contributed by atoms with Crippen molar-refractivity contribution < 1.29 is 17.6 Å². The van der Waals surface area contributed by atoms with Crippen molar-refractivity contribution >= 4 is 0 Å². The van der Waals surface area contributed by atoms with E-state index in [2.05, 4.69) is 12.2 Å². The first-order valence-electron chi connectivity index (χ1n) is 8.48. The van der Waals surface area contributed by atoms with E-state index in [1.807, 2.05) is 0 Å². The van der Waals surface area contributed by atoms with E-state index in [-0.39, 0.29) is 0 Å². The number of rotatable bonds is 9. The summed E-state index contributed by atoms with van der Waals surface area (Å²) < 4.78 is 43.9. The molecule has 0 aliphatic rings. The van der Waals surface area contributed by atoms with Crippen molar-refractivity contribution in [2.24, 2.45) is 0 Å². The molecule has 132 valence electrons. The first-order chi connectivity index (χ1) is 11.5. The molecular weight excluding hydrogens is 315 g/mol. The molecule has 0 saturated carbocycles. The molecule has 5 heteroatoms. The zero-order valence-corrected chi connectivity index (χ0v) is 14.0. The molecule has 0 bridgehead atoms. The molecule has 0 aliphatic carbocycles. The van der Waals surface area contributed by atoms with E-state index in [9.17, 15) is 13.2 Å². The Bertz CT molecular complexity index is 619. The van der Waals surface area contributed by atoms with E-state index >= 15 is 0 Å². The van der Waals surface area contributed by atoms with Crippen molar-refractivity contribution in [3.05, 3.63) is 47.7 Å². The lowest BCUT2D eigenvalue weighted by molar-refractivity contribution is -0.137. The minimum absolute atomic E-state index is 0.440. The number of hydrogen-bond acceptors (Lipinski definition) is 2. The van der Waals surface area contributed by atoms with Gasteiger partial charge in [0.1, 0.15) is 11.5 Å². The third-order valence-electron chi connectivity index (χ3n) is 3.89.